The first kappa shape index (κ1) is 8.06. The fraction of sp³-hybridized carbons (Fsp3) is 1.00. The Kier molecular flexibility index (Phi) is 3.64. The van der Waals surface area contributed by atoms with Crippen LogP contribution < -0.4 is 0 Å². The Morgan fingerprint density at radius 3 is 2.00 bits per heavy atom. The summed E-state index contributed by atoms with van der Waals surface area (Å²) in [5, 5.41) is 0. The van der Waals surface area contributed by atoms with Gasteiger partial charge in [-0.25, -0.2) is 0 Å². The number of hydrogen-bond acceptors (Lipinski definition) is 0. The standard InChI is InChI=1S/C4H7BrCl2/c1-2-3-4(5,6)7/h2-3H2,1H3. The van der Waals surface area contributed by atoms with E-state index in [1.54, 1.807) is 0 Å². The second kappa shape index (κ2) is 3.16. The summed E-state index contributed by atoms with van der Waals surface area (Å²) in [5.41, 5.74) is 0. The molecule has 0 saturated heterocycles. The molecule has 0 saturated carbocycles. The molecule has 0 amide bonds. The molecule has 0 unspecified atom stereocenters. The Balaban J connectivity index is 3.15. The zero-order valence-corrected chi connectivity index (χ0v) is 7.15. The van der Waals surface area contributed by atoms with E-state index in [0.717, 1.165) is 12.8 Å². The highest BCUT2D eigenvalue weighted by molar-refractivity contribution is 9.11. The Morgan fingerprint density at radius 1 is 1.57 bits per heavy atom. The molecule has 0 aliphatic carbocycles. The largest absolute Gasteiger partial charge is 0.172 e. The van der Waals surface area contributed by atoms with E-state index in [-0.39, 0.29) is 0 Å². The molecule has 0 aromatic carbocycles. The Hall–Kier alpha value is 1.06. The van der Waals surface area contributed by atoms with Gasteiger partial charge < -0.3 is 0 Å². The van der Waals surface area contributed by atoms with E-state index in [4.69, 9.17) is 23.2 Å². The minimum Gasteiger partial charge on any atom is -0.0888 e. The normalized spacial score (nSPS) is 12.0. The maximum Gasteiger partial charge on any atom is 0.172 e. The van der Waals surface area contributed by atoms with Gasteiger partial charge in [0, 0.05) is 0 Å². The second-order valence-electron chi connectivity index (χ2n) is 1.37. The number of rotatable bonds is 2. The van der Waals surface area contributed by atoms with Crippen LogP contribution in [0.1, 0.15) is 19.8 Å². The summed E-state index contributed by atoms with van der Waals surface area (Å²) in [6, 6.07) is 0. The molecule has 0 radical (unpaired) electrons. The van der Waals surface area contributed by atoms with Crippen molar-refractivity contribution in [3.8, 4) is 0 Å². The van der Waals surface area contributed by atoms with Crippen LogP contribution >= 0.6 is 39.1 Å². The molecule has 0 aromatic rings. The van der Waals surface area contributed by atoms with Gasteiger partial charge in [-0.3, -0.25) is 0 Å². The van der Waals surface area contributed by atoms with Crippen LogP contribution in [0, 0.1) is 0 Å². The van der Waals surface area contributed by atoms with Gasteiger partial charge in [-0.2, -0.15) is 0 Å². The van der Waals surface area contributed by atoms with Gasteiger partial charge in [-0.1, -0.05) is 36.5 Å². The molecule has 0 heterocycles. The lowest BCUT2D eigenvalue weighted by Gasteiger charge is -2.06. The van der Waals surface area contributed by atoms with Gasteiger partial charge in [0.15, 0.2) is 3.24 Å². The van der Waals surface area contributed by atoms with Crippen molar-refractivity contribution in [3.05, 3.63) is 0 Å². The van der Waals surface area contributed by atoms with Gasteiger partial charge in [0.2, 0.25) is 0 Å². The molecule has 0 rings (SSSR count). The Labute approximate surface area is 62.3 Å². The fourth-order valence-corrected chi connectivity index (χ4v) is 1.06. The van der Waals surface area contributed by atoms with E-state index < -0.39 is 3.24 Å². The summed E-state index contributed by atoms with van der Waals surface area (Å²) in [4.78, 5) is 0. The molecule has 0 N–H and O–H groups in total. The monoisotopic (exact) mass is 204 g/mol. The Morgan fingerprint density at radius 2 is 2.00 bits per heavy atom. The van der Waals surface area contributed by atoms with Crippen LogP contribution in [-0.4, -0.2) is 3.24 Å². The average Bonchev–Trinajstić information content (AvgIpc) is 1.30. The fourth-order valence-electron chi connectivity index (χ4n) is 0.283. The van der Waals surface area contributed by atoms with E-state index in [1.807, 2.05) is 6.92 Å². The van der Waals surface area contributed by atoms with Crippen molar-refractivity contribution in [2.75, 3.05) is 0 Å². The van der Waals surface area contributed by atoms with Crippen molar-refractivity contribution in [1.29, 1.82) is 0 Å². The van der Waals surface area contributed by atoms with E-state index >= 15 is 0 Å². The number of alkyl halides is 3. The summed E-state index contributed by atoms with van der Waals surface area (Å²) in [7, 11) is 0. The molecule has 3 heteroatoms. The van der Waals surface area contributed by atoms with Crippen LogP contribution in [0.15, 0.2) is 0 Å². The summed E-state index contributed by atoms with van der Waals surface area (Å²) in [6.45, 7) is 2.03. The third-order valence-electron chi connectivity index (χ3n) is 0.533. The van der Waals surface area contributed by atoms with E-state index in [1.165, 1.54) is 0 Å². The molecule has 0 spiro atoms. The van der Waals surface area contributed by atoms with Crippen molar-refractivity contribution >= 4 is 39.1 Å². The van der Waals surface area contributed by atoms with E-state index in [2.05, 4.69) is 15.9 Å². The SMILES string of the molecule is CCCC(Cl)(Cl)Br. The molecule has 0 nitrogen and oxygen atoms in total. The van der Waals surface area contributed by atoms with Gasteiger partial charge in [-0.05, 0) is 22.4 Å². The van der Waals surface area contributed by atoms with Crippen LogP contribution in [0.4, 0.5) is 0 Å². The first-order valence-electron chi connectivity index (χ1n) is 2.13. The maximum atomic E-state index is 5.52. The molecule has 0 aliphatic heterocycles. The van der Waals surface area contributed by atoms with Crippen LogP contribution in [0.5, 0.6) is 0 Å². The third-order valence-corrected chi connectivity index (χ3v) is 1.31. The summed E-state index contributed by atoms with van der Waals surface area (Å²) >= 11 is 14.1. The molecule has 0 bridgehead atoms. The van der Waals surface area contributed by atoms with Crippen LogP contribution in [0.3, 0.4) is 0 Å². The van der Waals surface area contributed by atoms with Gasteiger partial charge in [-0.15, -0.1) is 0 Å². The highest BCUT2D eigenvalue weighted by atomic mass is 79.9. The summed E-state index contributed by atoms with van der Waals surface area (Å²) < 4.78 is -0.693. The molecule has 0 fully saturated rings. The molecule has 0 atom stereocenters. The molecule has 0 aliphatic rings. The van der Waals surface area contributed by atoms with Crippen molar-refractivity contribution in [1.82, 2.24) is 0 Å². The van der Waals surface area contributed by atoms with E-state index in [9.17, 15) is 0 Å². The molecule has 44 valence electrons. The zero-order chi connectivity index (χ0) is 5.91. The highest BCUT2D eigenvalue weighted by Gasteiger charge is 2.15. The molecular weight excluding hydrogens is 199 g/mol. The number of hydrogen-bond donors (Lipinski definition) is 0. The molecule has 0 aromatic heterocycles. The minimum atomic E-state index is -0.693. The zero-order valence-electron chi connectivity index (χ0n) is 4.05. The second-order valence-corrected chi connectivity index (χ2v) is 5.12. The predicted molar refractivity (Wildman–Crippen MR) is 38.3 cm³/mol. The van der Waals surface area contributed by atoms with Gasteiger partial charge in [0.25, 0.3) is 0 Å². The van der Waals surface area contributed by atoms with Gasteiger partial charge in [0.05, 0.1) is 0 Å². The topological polar surface area (TPSA) is 0 Å². The first-order valence-corrected chi connectivity index (χ1v) is 3.68. The third kappa shape index (κ3) is 7.06. The quantitative estimate of drug-likeness (QED) is 0.607. The first-order chi connectivity index (χ1) is 3.06. The summed E-state index contributed by atoms with van der Waals surface area (Å²) in [6.07, 6.45) is 1.79. The predicted octanol–water partition coefficient (Wildman–Crippen LogP) is 3.31. The van der Waals surface area contributed by atoms with Crippen molar-refractivity contribution in [2.24, 2.45) is 0 Å². The maximum absolute atomic E-state index is 5.52. The van der Waals surface area contributed by atoms with Crippen molar-refractivity contribution in [3.63, 3.8) is 0 Å². The van der Waals surface area contributed by atoms with Crippen LogP contribution in [0.25, 0.3) is 0 Å². The smallest absolute Gasteiger partial charge is 0.0888 e. The van der Waals surface area contributed by atoms with Crippen LogP contribution in [0.2, 0.25) is 0 Å². The van der Waals surface area contributed by atoms with Crippen molar-refractivity contribution < 1.29 is 0 Å². The molecule has 7 heavy (non-hydrogen) atoms. The summed E-state index contributed by atoms with van der Waals surface area (Å²) in [5.74, 6) is 0. The Bertz CT molecular complexity index is 48.1. The average molecular weight is 206 g/mol. The van der Waals surface area contributed by atoms with Crippen molar-refractivity contribution in [2.45, 2.75) is 23.0 Å². The van der Waals surface area contributed by atoms with E-state index in [0.29, 0.717) is 0 Å². The lowest BCUT2D eigenvalue weighted by Crippen LogP contribution is -1.97. The minimum absolute atomic E-state index is 0.693. The molecular formula is C4H7BrCl2. The van der Waals surface area contributed by atoms with Gasteiger partial charge >= 0.3 is 0 Å². The van der Waals surface area contributed by atoms with Gasteiger partial charge in [0.1, 0.15) is 0 Å². The lowest BCUT2D eigenvalue weighted by atomic mass is 10.4. The highest BCUT2D eigenvalue weighted by Crippen LogP contribution is 2.33. The number of halogens is 3. The van der Waals surface area contributed by atoms with Crippen LogP contribution in [-0.2, 0) is 0 Å². The lowest BCUT2D eigenvalue weighted by molar-refractivity contribution is 0.837.